The smallest absolute Gasteiger partial charge is 0.123 e. The highest BCUT2D eigenvalue weighted by atomic mass is 19.1. The normalized spacial score (nSPS) is 21.3. The van der Waals surface area contributed by atoms with E-state index in [0.29, 0.717) is 5.41 Å². The third-order valence-corrected chi connectivity index (χ3v) is 4.67. The Morgan fingerprint density at radius 1 is 1.26 bits per heavy atom. The van der Waals surface area contributed by atoms with Gasteiger partial charge in [-0.3, -0.25) is 0 Å². The summed E-state index contributed by atoms with van der Waals surface area (Å²) >= 11 is 0. The van der Waals surface area contributed by atoms with Gasteiger partial charge in [0.2, 0.25) is 0 Å². The molecule has 2 nitrogen and oxygen atoms in total. The second-order valence-electron chi connectivity index (χ2n) is 6.12. The fourth-order valence-electron chi connectivity index (χ4n) is 2.72. The minimum Gasteiger partial charge on any atom is -0.323 e. The first-order chi connectivity index (χ1) is 9.02. The summed E-state index contributed by atoms with van der Waals surface area (Å²) in [6, 6.07) is 6.53. The Balaban J connectivity index is 1.87. The molecule has 0 spiro atoms. The molecule has 19 heavy (non-hydrogen) atoms. The van der Waals surface area contributed by atoms with Gasteiger partial charge in [-0.1, -0.05) is 32.4 Å². The van der Waals surface area contributed by atoms with Crippen LogP contribution >= 0.6 is 0 Å². The molecular weight excluding hydrogens is 239 g/mol. The zero-order chi connectivity index (χ0) is 13.9. The number of hydrogen-bond donors (Lipinski definition) is 1. The molecule has 0 saturated carbocycles. The molecular formula is C16H25FN2. The Labute approximate surface area is 115 Å². The average Bonchev–Trinajstić information content (AvgIpc) is 2.42. The van der Waals surface area contributed by atoms with E-state index in [9.17, 15) is 4.39 Å². The van der Waals surface area contributed by atoms with E-state index in [2.05, 4.69) is 18.7 Å². The quantitative estimate of drug-likeness (QED) is 0.903. The second kappa shape index (κ2) is 6.02. The third-order valence-electron chi connectivity index (χ3n) is 4.67. The molecule has 0 aliphatic carbocycles. The summed E-state index contributed by atoms with van der Waals surface area (Å²) in [7, 11) is 0. The third kappa shape index (κ3) is 3.77. The molecule has 1 aromatic rings. The lowest BCUT2D eigenvalue weighted by Gasteiger charge is -2.39. The van der Waals surface area contributed by atoms with Crippen molar-refractivity contribution in [2.75, 3.05) is 19.6 Å². The van der Waals surface area contributed by atoms with Crippen LogP contribution in [0.3, 0.4) is 0 Å². The summed E-state index contributed by atoms with van der Waals surface area (Å²) in [5.74, 6) is -0.201. The van der Waals surface area contributed by atoms with Crippen LogP contribution in [0, 0.1) is 11.2 Å². The van der Waals surface area contributed by atoms with Gasteiger partial charge in [0.25, 0.3) is 0 Å². The standard InChI is InChI=1S/C16H25FN2/c1-3-16(2)8-10-19(11-9-16)12-15(18)13-4-6-14(17)7-5-13/h4-7,15H,3,8-12,18H2,1-2H3. The van der Waals surface area contributed by atoms with Crippen LogP contribution in [0.15, 0.2) is 24.3 Å². The fraction of sp³-hybridized carbons (Fsp3) is 0.625. The molecule has 1 aliphatic heterocycles. The van der Waals surface area contributed by atoms with Gasteiger partial charge in [0.15, 0.2) is 0 Å². The molecule has 1 fully saturated rings. The lowest BCUT2D eigenvalue weighted by molar-refractivity contribution is 0.110. The number of hydrogen-bond acceptors (Lipinski definition) is 2. The van der Waals surface area contributed by atoms with E-state index in [4.69, 9.17) is 5.73 Å². The van der Waals surface area contributed by atoms with E-state index in [1.165, 1.54) is 31.4 Å². The predicted molar refractivity (Wildman–Crippen MR) is 77.4 cm³/mol. The van der Waals surface area contributed by atoms with Gasteiger partial charge >= 0.3 is 0 Å². The number of benzene rings is 1. The summed E-state index contributed by atoms with van der Waals surface area (Å²) in [6.45, 7) is 7.77. The van der Waals surface area contributed by atoms with Crippen molar-refractivity contribution in [3.8, 4) is 0 Å². The first kappa shape index (κ1) is 14.5. The van der Waals surface area contributed by atoms with E-state index < -0.39 is 0 Å². The molecule has 1 aromatic carbocycles. The summed E-state index contributed by atoms with van der Waals surface area (Å²) in [5, 5.41) is 0. The van der Waals surface area contributed by atoms with E-state index in [1.54, 1.807) is 12.1 Å². The lowest BCUT2D eigenvalue weighted by Crippen LogP contribution is -2.41. The highest BCUT2D eigenvalue weighted by Crippen LogP contribution is 2.34. The van der Waals surface area contributed by atoms with Crippen molar-refractivity contribution in [1.82, 2.24) is 4.90 Å². The predicted octanol–water partition coefficient (Wildman–Crippen LogP) is 3.34. The van der Waals surface area contributed by atoms with Gasteiger partial charge in [0.05, 0.1) is 0 Å². The number of halogens is 1. The van der Waals surface area contributed by atoms with Gasteiger partial charge in [-0.25, -0.2) is 4.39 Å². The van der Waals surface area contributed by atoms with Crippen LogP contribution < -0.4 is 5.73 Å². The van der Waals surface area contributed by atoms with Crippen molar-refractivity contribution in [2.45, 2.75) is 39.2 Å². The highest BCUT2D eigenvalue weighted by Gasteiger charge is 2.28. The topological polar surface area (TPSA) is 29.3 Å². The van der Waals surface area contributed by atoms with Crippen LogP contribution in [0.5, 0.6) is 0 Å². The van der Waals surface area contributed by atoms with Crippen LogP contribution in [-0.2, 0) is 0 Å². The molecule has 1 heterocycles. The highest BCUT2D eigenvalue weighted by molar-refractivity contribution is 5.19. The number of likely N-dealkylation sites (tertiary alicyclic amines) is 1. The van der Waals surface area contributed by atoms with Gasteiger partial charge in [-0.05, 0) is 49.0 Å². The maximum Gasteiger partial charge on any atom is 0.123 e. The van der Waals surface area contributed by atoms with Crippen LogP contribution in [0.1, 0.15) is 44.7 Å². The lowest BCUT2D eigenvalue weighted by atomic mass is 9.78. The number of nitrogens with zero attached hydrogens (tertiary/aromatic N) is 1. The molecule has 1 saturated heterocycles. The first-order valence-corrected chi connectivity index (χ1v) is 7.26. The van der Waals surface area contributed by atoms with Gasteiger partial charge < -0.3 is 10.6 Å². The van der Waals surface area contributed by atoms with E-state index in [-0.39, 0.29) is 11.9 Å². The second-order valence-corrected chi connectivity index (χ2v) is 6.12. The van der Waals surface area contributed by atoms with Crippen molar-refractivity contribution in [3.05, 3.63) is 35.6 Å². The molecule has 0 amide bonds. The molecule has 3 heteroatoms. The minimum atomic E-state index is -0.201. The maximum absolute atomic E-state index is 12.9. The zero-order valence-corrected chi connectivity index (χ0v) is 12.0. The van der Waals surface area contributed by atoms with E-state index >= 15 is 0 Å². The van der Waals surface area contributed by atoms with Gasteiger partial charge in [-0.2, -0.15) is 0 Å². The van der Waals surface area contributed by atoms with Crippen molar-refractivity contribution in [2.24, 2.45) is 11.1 Å². The Morgan fingerprint density at radius 2 is 1.84 bits per heavy atom. The number of nitrogens with two attached hydrogens (primary N) is 1. The van der Waals surface area contributed by atoms with Crippen LogP contribution in [0.2, 0.25) is 0 Å². The Hall–Kier alpha value is -0.930. The monoisotopic (exact) mass is 264 g/mol. The first-order valence-electron chi connectivity index (χ1n) is 7.26. The summed E-state index contributed by atoms with van der Waals surface area (Å²) < 4.78 is 12.9. The molecule has 1 atom stereocenters. The van der Waals surface area contributed by atoms with E-state index in [1.807, 2.05) is 0 Å². The fourth-order valence-corrected chi connectivity index (χ4v) is 2.72. The average molecular weight is 264 g/mol. The van der Waals surface area contributed by atoms with E-state index in [0.717, 1.165) is 25.2 Å². The van der Waals surface area contributed by atoms with Crippen LogP contribution in [-0.4, -0.2) is 24.5 Å². The molecule has 106 valence electrons. The molecule has 1 aliphatic rings. The summed E-state index contributed by atoms with van der Waals surface area (Å²) in [4.78, 5) is 2.44. The molecule has 0 radical (unpaired) electrons. The summed E-state index contributed by atoms with van der Waals surface area (Å²) in [5.41, 5.74) is 7.74. The van der Waals surface area contributed by atoms with Gasteiger partial charge in [0.1, 0.15) is 5.82 Å². The van der Waals surface area contributed by atoms with Crippen molar-refractivity contribution < 1.29 is 4.39 Å². The zero-order valence-electron chi connectivity index (χ0n) is 12.0. The summed E-state index contributed by atoms with van der Waals surface area (Å²) in [6.07, 6.45) is 3.75. The Bertz CT molecular complexity index is 394. The Morgan fingerprint density at radius 3 is 2.37 bits per heavy atom. The largest absolute Gasteiger partial charge is 0.323 e. The minimum absolute atomic E-state index is 0.0217. The number of piperidine rings is 1. The molecule has 0 aromatic heterocycles. The van der Waals surface area contributed by atoms with Gasteiger partial charge in [-0.15, -0.1) is 0 Å². The van der Waals surface area contributed by atoms with Gasteiger partial charge in [0, 0.05) is 12.6 Å². The van der Waals surface area contributed by atoms with Crippen molar-refractivity contribution in [3.63, 3.8) is 0 Å². The SMILES string of the molecule is CCC1(C)CCN(CC(N)c2ccc(F)cc2)CC1. The van der Waals surface area contributed by atoms with Crippen molar-refractivity contribution >= 4 is 0 Å². The van der Waals surface area contributed by atoms with Crippen molar-refractivity contribution in [1.29, 1.82) is 0 Å². The molecule has 0 bridgehead atoms. The Kier molecular flexibility index (Phi) is 4.58. The van der Waals surface area contributed by atoms with Crippen LogP contribution in [0.25, 0.3) is 0 Å². The molecule has 2 rings (SSSR count). The van der Waals surface area contributed by atoms with Crippen LogP contribution in [0.4, 0.5) is 4.39 Å². The maximum atomic E-state index is 12.9. The molecule has 1 unspecified atom stereocenters. The number of rotatable bonds is 4. The molecule has 2 N–H and O–H groups in total.